The highest BCUT2D eigenvalue weighted by Crippen LogP contribution is 2.31. The van der Waals surface area contributed by atoms with Gasteiger partial charge < -0.3 is 15.6 Å². The van der Waals surface area contributed by atoms with Gasteiger partial charge in [0.2, 0.25) is 0 Å². The lowest BCUT2D eigenvalue weighted by atomic mass is 10.0. The molecule has 1 saturated carbocycles. The van der Waals surface area contributed by atoms with Crippen LogP contribution in [0.2, 0.25) is 0 Å². The molecule has 1 fully saturated rings. The van der Waals surface area contributed by atoms with E-state index in [4.69, 9.17) is 10.5 Å². The summed E-state index contributed by atoms with van der Waals surface area (Å²) in [5.74, 6) is 0.818. The monoisotopic (exact) mass is 258 g/mol. The van der Waals surface area contributed by atoms with Crippen LogP contribution in [0, 0.1) is 0 Å². The van der Waals surface area contributed by atoms with Crippen molar-refractivity contribution in [3.05, 3.63) is 36.5 Å². The quantitative estimate of drug-likeness (QED) is 0.881. The van der Waals surface area contributed by atoms with Crippen molar-refractivity contribution in [1.29, 1.82) is 0 Å². The number of hydrogen-bond donors (Lipinski definition) is 2. The molecule has 3 N–H and O–H groups in total. The Morgan fingerprint density at radius 3 is 3.11 bits per heavy atom. The van der Waals surface area contributed by atoms with Gasteiger partial charge in [0.1, 0.15) is 11.9 Å². The molecule has 1 aromatic carbocycles. The molecule has 1 aromatic heterocycles. The van der Waals surface area contributed by atoms with Crippen molar-refractivity contribution in [3.8, 4) is 5.75 Å². The fraction of sp³-hybridized carbons (Fsp3) is 0.400. The zero-order valence-electron chi connectivity index (χ0n) is 10.7. The molecule has 3 rings (SSSR count). The molecule has 0 saturated heterocycles. The first-order chi connectivity index (χ1) is 9.18. The smallest absolute Gasteiger partial charge is 0.121 e. The number of nitrogens with zero attached hydrogens (tertiary/aromatic N) is 1. The minimum Gasteiger partial charge on any atom is -0.490 e. The third-order valence-electron chi connectivity index (χ3n) is 3.79. The summed E-state index contributed by atoms with van der Waals surface area (Å²) in [5, 5.41) is 10.4. The lowest BCUT2D eigenvalue weighted by Crippen LogP contribution is -2.41. The Balaban J connectivity index is 1.75. The molecule has 2 aromatic rings. The maximum Gasteiger partial charge on any atom is 0.121 e. The van der Waals surface area contributed by atoms with E-state index in [2.05, 4.69) is 4.98 Å². The first-order valence-electron chi connectivity index (χ1n) is 6.60. The molecule has 4 nitrogen and oxygen atoms in total. The van der Waals surface area contributed by atoms with Crippen molar-refractivity contribution in [3.63, 3.8) is 0 Å². The van der Waals surface area contributed by atoms with Gasteiger partial charge in [0.15, 0.2) is 0 Å². The number of ether oxygens (including phenoxy) is 1. The van der Waals surface area contributed by atoms with Crippen LogP contribution in [0.25, 0.3) is 10.9 Å². The van der Waals surface area contributed by atoms with E-state index in [1.165, 1.54) is 0 Å². The minimum atomic E-state index is -0.472. The van der Waals surface area contributed by atoms with Gasteiger partial charge >= 0.3 is 0 Å². The number of nitrogens with two attached hydrogens (primary N) is 1. The number of pyridine rings is 1. The number of hydrogen-bond acceptors (Lipinski definition) is 4. The van der Waals surface area contributed by atoms with E-state index < -0.39 is 5.54 Å². The van der Waals surface area contributed by atoms with Crippen LogP contribution in [0.3, 0.4) is 0 Å². The van der Waals surface area contributed by atoms with Crippen molar-refractivity contribution < 1.29 is 9.84 Å². The highest BCUT2D eigenvalue weighted by molar-refractivity contribution is 5.79. The first kappa shape index (κ1) is 12.4. The third-order valence-corrected chi connectivity index (χ3v) is 3.79. The summed E-state index contributed by atoms with van der Waals surface area (Å²) < 4.78 is 5.95. The maximum absolute atomic E-state index is 9.26. The minimum absolute atomic E-state index is 0.0200. The standard InChI is InChI=1S/C15H18N2O2/c16-15(10-18)6-5-13(9-15)19-12-4-3-11-2-1-7-17-14(11)8-12/h1-4,7-8,13,18H,5-6,9-10,16H2. The van der Waals surface area contributed by atoms with Crippen LogP contribution in [0.15, 0.2) is 36.5 Å². The Morgan fingerprint density at radius 2 is 2.32 bits per heavy atom. The molecule has 19 heavy (non-hydrogen) atoms. The van der Waals surface area contributed by atoms with Gasteiger partial charge in [-0.15, -0.1) is 0 Å². The molecule has 0 amide bonds. The Labute approximate surface area is 112 Å². The van der Waals surface area contributed by atoms with E-state index in [9.17, 15) is 5.11 Å². The molecule has 1 aliphatic rings. The van der Waals surface area contributed by atoms with Crippen molar-refractivity contribution in [2.24, 2.45) is 5.73 Å². The van der Waals surface area contributed by atoms with Gasteiger partial charge in [-0.2, -0.15) is 0 Å². The van der Waals surface area contributed by atoms with Crippen LogP contribution in [-0.4, -0.2) is 28.3 Å². The number of aliphatic hydroxyl groups is 1. The maximum atomic E-state index is 9.26. The van der Waals surface area contributed by atoms with Crippen LogP contribution in [0.4, 0.5) is 0 Å². The van der Waals surface area contributed by atoms with E-state index >= 15 is 0 Å². The molecule has 100 valence electrons. The van der Waals surface area contributed by atoms with E-state index in [0.29, 0.717) is 6.42 Å². The molecule has 0 radical (unpaired) electrons. The average molecular weight is 258 g/mol. The average Bonchev–Trinajstić information content (AvgIpc) is 2.81. The summed E-state index contributed by atoms with van der Waals surface area (Å²) in [4.78, 5) is 4.32. The van der Waals surface area contributed by atoms with Gasteiger partial charge in [-0.25, -0.2) is 0 Å². The van der Waals surface area contributed by atoms with Gasteiger partial charge in [0, 0.05) is 29.6 Å². The lowest BCUT2D eigenvalue weighted by molar-refractivity contribution is 0.166. The number of fused-ring (bicyclic) bond motifs is 1. The number of benzene rings is 1. The molecular weight excluding hydrogens is 240 g/mol. The number of rotatable bonds is 3. The second-order valence-corrected chi connectivity index (χ2v) is 5.36. The number of aromatic nitrogens is 1. The Bertz CT molecular complexity index is 587. The van der Waals surface area contributed by atoms with Gasteiger partial charge in [-0.05, 0) is 31.0 Å². The van der Waals surface area contributed by atoms with Crippen molar-refractivity contribution in [2.45, 2.75) is 30.9 Å². The third kappa shape index (κ3) is 2.55. The zero-order chi connectivity index (χ0) is 13.3. The van der Waals surface area contributed by atoms with Gasteiger partial charge in [-0.1, -0.05) is 6.07 Å². The SMILES string of the molecule is NC1(CO)CCC(Oc2ccc3cccnc3c2)C1. The Kier molecular flexibility index (Phi) is 3.12. The molecule has 1 aliphatic carbocycles. The summed E-state index contributed by atoms with van der Waals surface area (Å²) in [5.41, 5.74) is 6.51. The molecule has 4 heteroatoms. The van der Waals surface area contributed by atoms with Crippen molar-refractivity contribution in [1.82, 2.24) is 4.98 Å². The van der Waals surface area contributed by atoms with Crippen LogP contribution in [0.1, 0.15) is 19.3 Å². The van der Waals surface area contributed by atoms with E-state index in [1.54, 1.807) is 6.20 Å². The summed E-state index contributed by atoms with van der Waals surface area (Å²) in [7, 11) is 0. The van der Waals surface area contributed by atoms with Crippen LogP contribution in [-0.2, 0) is 0 Å². The molecule has 0 spiro atoms. The predicted octanol–water partition coefficient (Wildman–Crippen LogP) is 1.86. The highest BCUT2D eigenvalue weighted by Gasteiger charge is 2.36. The van der Waals surface area contributed by atoms with Crippen LogP contribution >= 0.6 is 0 Å². The molecule has 2 atom stereocenters. The summed E-state index contributed by atoms with van der Waals surface area (Å²) in [6, 6.07) is 9.86. The van der Waals surface area contributed by atoms with Crippen LogP contribution < -0.4 is 10.5 Å². The second kappa shape index (κ2) is 4.79. The molecule has 1 heterocycles. The van der Waals surface area contributed by atoms with Gasteiger partial charge in [0.05, 0.1) is 12.1 Å². The molecule has 0 aliphatic heterocycles. The lowest BCUT2D eigenvalue weighted by Gasteiger charge is -2.21. The Hall–Kier alpha value is -1.65. The van der Waals surface area contributed by atoms with Gasteiger partial charge in [-0.3, -0.25) is 4.98 Å². The molecule has 2 unspecified atom stereocenters. The largest absolute Gasteiger partial charge is 0.490 e. The van der Waals surface area contributed by atoms with E-state index in [-0.39, 0.29) is 12.7 Å². The second-order valence-electron chi connectivity index (χ2n) is 5.36. The summed E-state index contributed by atoms with van der Waals surface area (Å²) in [6.45, 7) is 0.0200. The Morgan fingerprint density at radius 1 is 1.42 bits per heavy atom. The first-order valence-corrected chi connectivity index (χ1v) is 6.60. The molecular formula is C15H18N2O2. The predicted molar refractivity (Wildman–Crippen MR) is 74.0 cm³/mol. The van der Waals surface area contributed by atoms with E-state index in [1.807, 2.05) is 30.3 Å². The summed E-state index contributed by atoms with van der Waals surface area (Å²) >= 11 is 0. The van der Waals surface area contributed by atoms with Gasteiger partial charge in [0.25, 0.3) is 0 Å². The fourth-order valence-corrected chi connectivity index (χ4v) is 2.66. The van der Waals surface area contributed by atoms with Crippen LogP contribution in [0.5, 0.6) is 5.75 Å². The topological polar surface area (TPSA) is 68.4 Å². The van der Waals surface area contributed by atoms with E-state index in [0.717, 1.165) is 29.5 Å². The highest BCUT2D eigenvalue weighted by atomic mass is 16.5. The molecule has 0 bridgehead atoms. The zero-order valence-corrected chi connectivity index (χ0v) is 10.7. The van der Waals surface area contributed by atoms with Crippen molar-refractivity contribution in [2.75, 3.05) is 6.61 Å². The normalized spacial score (nSPS) is 26.7. The van der Waals surface area contributed by atoms with Crippen molar-refractivity contribution >= 4 is 10.9 Å². The fourth-order valence-electron chi connectivity index (χ4n) is 2.66. The summed E-state index contributed by atoms with van der Waals surface area (Å²) in [6.07, 6.45) is 4.25. The number of aliphatic hydroxyl groups excluding tert-OH is 1.